The summed E-state index contributed by atoms with van der Waals surface area (Å²) in [5.74, 6) is -0.356. The number of anilines is 1. The summed E-state index contributed by atoms with van der Waals surface area (Å²) in [5.41, 5.74) is 9.17. The Labute approximate surface area is 128 Å². The largest absolute Gasteiger partial charge is 0.462 e. The third-order valence-corrected chi connectivity index (χ3v) is 3.82. The highest BCUT2D eigenvalue weighted by Crippen LogP contribution is 2.32. The van der Waals surface area contributed by atoms with Crippen LogP contribution in [0.1, 0.15) is 28.5 Å². The fourth-order valence-corrected chi connectivity index (χ4v) is 2.92. The molecule has 1 aromatic heterocycles. The van der Waals surface area contributed by atoms with Crippen molar-refractivity contribution in [2.24, 2.45) is 0 Å². The van der Waals surface area contributed by atoms with E-state index in [9.17, 15) is 4.79 Å². The number of nitrogens with two attached hydrogens (primary N) is 1. The van der Waals surface area contributed by atoms with Gasteiger partial charge in [0.25, 0.3) is 0 Å². The van der Waals surface area contributed by atoms with Gasteiger partial charge in [-0.3, -0.25) is 0 Å². The van der Waals surface area contributed by atoms with E-state index in [1.165, 1.54) is 11.8 Å². The minimum atomic E-state index is -0.356. The molecule has 0 bridgehead atoms. The summed E-state index contributed by atoms with van der Waals surface area (Å²) in [4.78, 5) is 17.0. The lowest BCUT2D eigenvalue weighted by Crippen LogP contribution is -2.05. The molecule has 0 fully saturated rings. The highest BCUT2D eigenvalue weighted by atomic mass is 32.2. The number of carbonyl (C=O) groups excluding carboxylic acids is 1. The van der Waals surface area contributed by atoms with Crippen molar-refractivity contribution in [2.75, 3.05) is 12.3 Å². The molecule has 0 atom stereocenters. The predicted octanol–water partition coefficient (Wildman–Crippen LogP) is 3.61. The average molecular weight is 302 g/mol. The second-order valence-corrected chi connectivity index (χ2v) is 5.76. The van der Waals surface area contributed by atoms with E-state index in [4.69, 9.17) is 10.5 Å². The minimum Gasteiger partial charge on any atom is -0.462 e. The highest BCUT2D eigenvalue weighted by Gasteiger charge is 2.10. The molecule has 0 saturated heterocycles. The van der Waals surface area contributed by atoms with Gasteiger partial charge < -0.3 is 10.5 Å². The Morgan fingerprint density at radius 1 is 1.29 bits per heavy atom. The molecule has 0 aliphatic heterocycles. The van der Waals surface area contributed by atoms with Crippen molar-refractivity contribution in [1.82, 2.24) is 4.98 Å². The molecule has 0 spiro atoms. The van der Waals surface area contributed by atoms with E-state index in [1.807, 2.05) is 32.0 Å². The normalized spacial score (nSPS) is 10.4. The van der Waals surface area contributed by atoms with Gasteiger partial charge in [-0.1, -0.05) is 11.8 Å². The number of nitrogen functional groups attached to an aromatic ring is 1. The molecular formula is C16H18N2O2S. The molecule has 2 aromatic rings. The Balaban J connectivity index is 2.23. The molecule has 2 N–H and O–H groups in total. The first-order chi connectivity index (χ1) is 9.99. The number of ether oxygens (including phenoxy) is 1. The average Bonchev–Trinajstić information content (AvgIpc) is 2.40. The molecule has 0 saturated carbocycles. The van der Waals surface area contributed by atoms with Crippen molar-refractivity contribution >= 4 is 23.4 Å². The van der Waals surface area contributed by atoms with Crippen molar-refractivity contribution in [3.05, 3.63) is 47.2 Å². The molecule has 110 valence electrons. The van der Waals surface area contributed by atoms with Gasteiger partial charge in [0.1, 0.15) is 5.03 Å². The summed E-state index contributed by atoms with van der Waals surface area (Å²) in [7, 11) is 0. The van der Waals surface area contributed by atoms with Gasteiger partial charge in [0.2, 0.25) is 0 Å². The van der Waals surface area contributed by atoms with Gasteiger partial charge in [-0.05, 0) is 56.7 Å². The first kappa shape index (κ1) is 15.4. The SMILES string of the molecule is CCOC(=O)c1ccc(Sc2cc(C)cc(C)n2)c(N)c1. The van der Waals surface area contributed by atoms with Crippen LogP contribution in [0.2, 0.25) is 0 Å². The van der Waals surface area contributed by atoms with Gasteiger partial charge in [0.05, 0.1) is 12.2 Å². The van der Waals surface area contributed by atoms with Crippen LogP contribution in [-0.4, -0.2) is 17.6 Å². The Morgan fingerprint density at radius 3 is 2.67 bits per heavy atom. The first-order valence-electron chi connectivity index (χ1n) is 6.69. The fourth-order valence-electron chi connectivity index (χ4n) is 1.95. The molecule has 0 amide bonds. The topological polar surface area (TPSA) is 65.2 Å². The third-order valence-electron chi connectivity index (χ3n) is 2.81. The predicted molar refractivity (Wildman–Crippen MR) is 84.6 cm³/mol. The van der Waals surface area contributed by atoms with Crippen LogP contribution in [0.3, 0.4) is 0 Å². The van der Waals surface area contributed by atoms with Crippen molar-refractivity contribution in [3.63, 3.8) is 0 Å². The van der Waals surface area contributed by atoms with Gasteiger partial charge >= 0.3 is 5.97 Å². The van der Waals surface area contributed by atoms with Crippen LogP contribution in [-0.2, 0) is 4.74 Å². The monoisotopic (exact) mass is 302 g/mol. The quantitative estimate of drug-likeness (QED) is 0.690. The van der Waals surface area contributed by atoms with Crippen LogP contribution in [0.5, 0.6) is 0 Å². The minimum absolute atomic E-state index is 0.349. The number of carbonyl (C=O) groups is 1. The number of pyridine rings is 1. The fraction of sp³-hybridized carbons (Fsp3) is 0.250. The number of hydrogen-bond donors (Lipinski definition) is 1. The number of benzene rings is 1. The number of aryl methyl sites for hydroxylation is 2. The highest BCUT2D eigenvalue weighted by molar-refractivity contribution is 7.99. The third kappa shape index (κ3) is 3.98. The van der Waals surface area contributed by atoms with Gasteiger partial charge in [0, 0.05) is 16.3 Å². The van der Waals surface area contributed by atoms with Crippen LogP contribution in [0, 0.1) is 13.8 Å². The molecule has 4 nitrogen and oxygen atoms in total. The second kappa shape index (κ2) is 6.63. The van der Waals surface area contributed by atoms with E-state index < -0.39 is 0 Å². The van der Waals surface area contributed by atoms with E-state index in [0.29, 0.717) is 17.9 Å². The van der Waals surface area contributed by atoms with Crippen molar-refractivity contribution in [3.8, 4) is 0 Å². The maximum atomic E-state index is 11.7. The molecule has 1 heterocycles. The van der Waals surface area contributed by atoms with E-state index >= 15 is 0 Å². The first-order valence-corrected chi connectivity index (χ1v) is 7.51. The second-order valence-electron chi connectivity index (χ2n) is 4.70. The Kier molecular flexibility index (Phi) is 4.85. The summed E-state index contributed by atoms with van der Waals surface area (Å²) in [6.07, 6.45) is 0. The lowest BCUT2D eigenvalue weighted by molar-refractivity contribution is 0.0526. The summed E-state index contributed by atoms with van der Waals surface area (Å²) >= 11 is 1.49. The zero-order valence-electron chi connectivity index (χ0n) is 12.3. The van der Waals surface area contributed by atoms with Crippen LogP contribution in [0.4, 0.5) is 5.69 Å². The van der Waals surface area contributed by atoms with Gasteiger partial charge in [-0.15, -0.1) is 0 Å². The smallest absolute Gasteiger partial charge is 0.338 e. The van der Waals surface area contributed by atoms with E-state index in [0.717, 1.165) is 21.2 Å². The molecule has 0 unspecified atom stereocenters. The van der Waals surface area contributed by atoms with Crippen molar-refractivity contribution in [1.29, 1.82) is 0 Å². The maximum Gasteiger partial charge on any atom is 0.338 e. The number of esters is 1. The maximum absolute atomic E-state index is 11.7. The van der Waals surface area contributed by atoms with Crippen molar-refractivity contribution in [2.45, 2.75) is 30.7 Å². The number of nitrogens with zero attached hydrogens (tertiary/aromatic N) is 1. The Bertz CT molecular complexity index is 651. The van der Waals surface area contributed by atoms with Gasteiger partial charge in [-0.2, -0.15) is 0 Å². The zero-order valence-corrected chi connectivity index (χ0v) is 13.2. The molecule has 0 aliphatic carbocycles. The molecule has 21 heavy (non-hydrogen) atoms. The molecular weight excluding hydrogens is 284 g/mol. The zero-order chi connectivity index (χ0) is 15.4. The van der Waals surface area contributed by atoms with E-state index in [2.05, 4.69) is 4.98 Å². The Morgan fingerprint density at radius 2 is 2.05 bits per heavy atom. The van der Waals surface area contributed by atoms with Gasteiger partial charge in [-0.25, -0.2) is 9.78 Å². The molecule has 0 radical (unpaired) electrons. The molecule has 1 aromatic carbocycles. The van der Waals surface area contributed by atoms with Crippen molar-refractivity contribution < 1.29 is 9.53 Å². The number of rotatable bonds is 4. The van der Waals surface area contributed by atoms with Crippen LogP contribution >= 0.6 is 11.8 Å². The summed E-state index contributed by atoms with van der Waals surface area (Å²) in [5, 5.41) is 0.892. The number of aromatic nitrogens is 1. The summed E-state index contributed by atoms with van der Waals surface area (Å²) < 4.78 is 4.96. The van der Waals surface area contributed by atoms with Crippen LogP contribution in [0.25, 0.3) is 0 Å². The van der Waals surface area contributed by atoms with Crippen LogP contribution in [0.15, 0.2) is 40.3 Å². The number of hydrogen-bond acceptors (Lipinski definition) is 5. The Hall–Kier alpha value is -2.01. The van der Waals surface area contributed by atoms with E-state index in [1.54, 1.807) is 19.1 Å². The van der Waals surface area contributed by atoms with E-state index in [-0.39, 0.29) is 5.97 Å². The van der Waals surface area contributed by atoms with Gasteiger partial charge in [0.15, 0.2) is 0 Å². The summed E-state index contributed by atoms with van der Waals surface area (Å²) in [6, 6.07) is 9.22. The molecule has 0 aliphatic rings. The lowest BCUT2D eigenvalue weighted by Gasteiger charge is -2.08. The summed E-state index contributed by atoms with van der Waals surface area (Å²) in [6.45, 7) is 6.12. The van der Waals surface area contributed by atoms with Crippen LogP contribution < -0.4 is 5.73 Å². The lowest BCUT2D eigenvalue weighted by atomic mass is 10.2. The standard InChI is InChI=1S/C16H18N2O2S/c1-4-20-16(19)12-5-6-14(13(17)9-12)21-15-8-10(2)7-11(3)18-15/h5-9H,4,17H2,1-3H3. The molecule has 5 heteroatoms. The molecule has 2 rings (SSSR count).